The van der Waals surface area contributed by atoms with Crippen molar-refractivity contribution < 1.29 is 10.0 Å². The van der Waals surface area contributed by atoms with Gasteiger partial charge in [-0.25, -0.2) is 0 Å². The summed E-state index contributed by atoms with van der Waals surface area (Å²) in [6.45, 7) is 1.86. The minimum Gasteiger partial charge on any atom is -0.423 e. The fourth-order valence-corrected chi connectivity index (χ4v) is 3.58. The van der Waals surface area contributed by atoms with Crippen LogP contribution in [0.1, 0.15) is 39.0 Å². The highest BCUT2D eigenvalue weighted by Crippen LogP contribution is 2.37. The minimum atomic E-state index is -1.44. The Bertz CT molecular complexity index is 588. The topological polar surface area (TPSA) is 40.5 Å². The Morgan fingerprint density at radius 2 is 2.00 bits per heavy atom. The molecule has 0 unspecified atom stereocenters. The molecule has 0 spiro atoms. The van der Waals surface area contributed by atoms with Gasteiger partial charge in [0.15, 0.2) is 0 Å². The molecule has 23 heavy (non-hydrogen) atoms. The zero-order chi connectivity index (χ0) is 16.7. The molecule has 2 N–H and O–H groups in total. The zero-order valence-electron chi connectivity index (χ0n) is 13.6. The lowest BCUT2D eigenvalue weighted by Gasteiger charge is -2.15. The molecule has 0 aromatic carbocycles. The van der Waals surface area contributed by atoms with Gasteiger partial charge in [-0.05, 0) is 54.8 Å². The van der Waals surface area contributed by atoms with Crippen molar-refractivity contribution in [3.05, 3.63) is 69.7 Å². The van der Waals surface area contributed by atoms with E-state index in [0.29, 0.717) is 11.4 Å². The van der Waals surface area contributed by atoms with Gasteiger partial charge in [0.2, 0.25) is 0 Å². The van der Waals surface area contributed by atoms with Crippen molar-refractivity contribution in [2.75, 3.05) is 0 Å². The molecule has 0 amide bonds. The summed E-state index contributed by atoms with van der Waals surface area (Å²) in [6.07, 6.45) is 21.9. The lowest BCUT2D eigenvalue weighted by Crippen LogP contribution is -2.13. The summed E-state index contributed by atoms with van der Waals surface area (Å²) in [7, 11) is -1.44. The monoisotopic (exact) mass is 374 g/mol. The molecule has 1 fully saturated rings. The average molecular weight is 375 g/mol. The van der Waals surface area contributed by atoms with Gasteiger partial charge in [0.1, 0.15) is 0 Å². The van der Waals surface area contributed by atoms with Crippen LogP contribution in [0.5, 0.6) is 0 Å². The van der Waals surface area contributed by atoms with Crippen LogP contribution < -0.4 is 0 Å². The number of rotatable bonds is 5. The second-order valence-corrected chi connectivity index (χ2v) is 6.88. The fraction of sp³-hybridized carbons (Fsp3) is 0.368. The van der Waals surface area contributed by atoms with Crippen molar-refractivity contribution in [1.29, 1.82) is 0 Å². The molecule has 2 aliphatic rings. The summed E-state index contributed by atoms with van der Waals surface area (Å²) < 4.78 is 1.15. The maximum absolute atomic E-state index is 9.35. The van der Waals surface area contributed by atoms with Gasteiger partial charge in [0, 0.05) is 4.48 Å². The van der Waals surface area contributed by atoms with Crippen molar-refractivity contribution in [2.45, 2.75) is 39.0 Å². The van der Waals surface area contributed by atoms with Crippen LogP contribution in [-0.4, -0.2) is 17.2 Å². The molecule has 0 heterocycles. The van der Waals surface area contributed by atoms with Gasteiger partial charge in [0.25, 0.3) is 0 Å². The van der Waals surface area contributed by atoms with E-state index in [0.717, 1.165) is 10.9 Å². The quantitative estimate of drug-likeness (QED) is 0.536. The van der Waals surface area contributed by atoms with Crippen molar-refractivity contribution >= 4 is 23.0 Å². The first-order valence-electron chi connectivity index (χ1n) is 8.26. The lowest BCUT2D eigenvalue weighted by atomic mass is 9.78. The first-order chi connectivity index (χ1) is 11.1. The normalized spacial score (nSPS) is 20.7. The maximum Gasteiger partial charge on any atom is 0.488 e. The molecule has 0 aromatic rings. The Labute approximate surface area is 148 Å². The van der Waals surface area contributed by atoms with Gasteiger partial charge >= 0.3 is 7.12 Å². The van der Waals surface area contributed by atoms with Gasteiger partial charge in [-0.2, -0.15) is 0 Å². The summed E-state index contributed by atoms with van der Waals surface area (Å²) in [5.41, 5.74) is 3.12. The fourth-order valence-electron chi connectivity index (χ4n) is 3.14. The standard InChI is InChI=1S/C19H24BBrO2/c1-2-7-17(20(22)23)12-5-10-16-11-6-13-18(21)14-19(16)15-8-3-4-9-15/h2,5,7,10-15,22-23H,3-4,6,8-9H2,1H3/b7-2-,10-5+,17-12+. The molecule has 0 bridgehead atoms. The highest BCUT2D eigenvalue weighted by atomic mass is 79.9. The predicted octanol–water partition coefficient (Wildman–Crippen LogP) is 4.78. The summed E-state index contributed by atoms with van der Waals surface area (Å²) in [5.74, 6) is 0.632. The molecule has 0 aromatic heterocycles. The molecule has 0 saturated heterocycles. The number of hydrogen-bond donors (Lipinski definition) is 2. The van der Waals surface area contributed by atoms with Crippen molar-refractivity contribution in [2.24, 2.45) is 5.92 Å². The third-order valence-electron chi connectivity index (χ3n) is 4.29. The Hall–Kier alpha value is -1.10. The van der Waals surface area contributed by atoms with Crippen LogP contribution in [0.3, 0.4) is 0 Å². The Morgan fingerprint density at radius 1 is 1.26 bits per heavy atom. The molecule has 0 radical (unpaired) electrons. The van der Waals surface area contributed by atoms with Gasteiger partial charge in [0.05, 0.1) is 0 Å². The van der Waals surface area contributed by atoms with Crippen LogP contribution in [0, 0.1) is 5.92 Å². The van der Waals surface area contributed by atoms with Crippen LogP contribution in [0.2, 0.25) is 0 Å². The van der Waals surface area contributed by atoms with Gasteiger partial charge in [-0.1, -0.05) is 71.3 Å². The summed E-state index contributed by atoms with van der Waals surface area (Å²) in [5, 5.41) is 18.7. The minimum absolute atomic E-state index is 0.490. The largest absolute Gasteiger partial charge is 0.488 e. The van der Waals surface area contributed by atoms with Crippen LogP contribution >= 0.6 is 15.9 Å². The average Bonchev–Trinajstić information content (AvgIpc) is 2.98. The zero-order valence-corrected chi connectivity index (χ0v) is 15.2. The van der Waals surface area contributed by atoms with E-state index in [1.165, 1.54) is 36.8 Å². The molecule has 0 aliphatic heterocycles. The number of halogens is 1. The number of hydrogen-bond acceptors (Lipinski definition) is 2. The second-order valence-electron chi connectivity index (χ2n) is 5.96. The lowest BCUT2D eigenvalue weighted by molar-refractivity contribution is 0.420. The third kappa shape index (κ3) is 5.49. The number of allylic oxidation sites excluding steroid dienone is 12. The molecule has 2 aliphatic carbocycles. The summed E-state index contributed by atoms with van der Waals surface area (Å²) in [4.78, 5) is 0. The van der Waals surface area contributed by atoms with Gasteiger partial charge in [-0.3, -0.25) is 0 Å². The van der Waals surface area contributed by atoms with E-state index < -0.39 is 7.12 Å². The van der Waals surface area contributed by atoms with E-state index in [9.17, 15) is 10.0 Å². The maximum atomic E-state index is 9.35. The smallest absolute Gasteiger partial charge is 0.423 e. The van der Waals surface area contributed by atoms with Gasteiger partial charge < -0.3 is 10.0 Å². The molecule has 1 saturated carbocycles. The molecule has 122 valence electrons. The van der Waals surface area contributed by atoms with E-state index >= 15 is 0 Å². The van der Waals surface area contributed by atoms with Crippen LogP contribution in [-0.2, 0) is 0 Å². The Balaban J connectivity index is 2.22. The summed E-state index contributed by atoms with van der Waals surface area (Å²) in [6, 6.07) is 0. The highest BCUT2D eigenvalue weighted by molar-refractivity contribution is 9.11. The molecule has 4 heteroatoms. The van der Waals surface area contributed by atoms with E-state index in [-0.39, 0.29) is 0 Å². The third-order valence-corrected chi connectivity index (χ3v) is 4.85. The van der Waals surface area contributed by atoms with E-state index in [1.807, 2.05) is 13.0 Å². The van der Waals surface area contributed by atoms with Crippen molar-refractivity contribution in [3.8, 4) is 0 Å². The SMILES string of the molecule is C\C=C/C(=C\C=C\C1=CCC=C(Br)C=C1C1CCCC1)B(O)O. The Morgan fingerprint density at radius 3 is 2.65 bits per heavy atom. The first kappa shape index (κ1) is 18.2. The molecule has 2 nitrogen and oxygen atoms in total. The second kappa shape index (κ2) is 9.26. The molecular weight excluding hydrogens is 351 g/mol. The van der Waals surface area contributed by atoms with E-state index in [2.05, 4.69) is 40.2 Å². The molecule has 0 atom stereocenters. The molecular formula is C19H24BBrO2. The van der Waals surface area contributed by atoms with E-state index in [1.54, 1.807) is 18.2 Å². The summed E-state index contributed by atoms with van der Waals surface area (Å²) >= 11 is 3.62. The van der Waals surface area contributed by atoms with Crippen LogP contribution in [0.25, 0.3) is 0 Å². The highest BCUT2D eigenvalue weighted by Gasteiger charge is 2.21. The predicted molar refractivity (Wildman–Crippen MR) is 102 cm³/mol. The van der Waals surface area contributed by atoms with Crippen molar-refractivity contribution in [1.82, 2.24) is 0 Å². The first-order valence-corrected chi connectivity index (χ1v) is 9.06. The van der Waals surface area contributed by atoms with E-state index in [4.69, 9.17) is 0 Å². The van der Waals surface area contributed by atoms with Crippen molar-refractivity contribution in [3.63, 3.8) is 0 Å². The van der Waals surface area contributed by atoms with Gasteiger partial charge in [-0.15, -0.1) is 0 Å². The molecule has 2 rings (SSSR count). The Kier molecular flexibility index (Phi) is 7.35. The van der Waals surface area contributed by atoms with Crippen LogP contribution in [0.15, 0.2) is 69.7 Å². The van der Waals surface area contributed by atoms with Crippen LogP contribution in [0.4, 0.5) is 0 Å².